The minimum Gasteiger partial charge on any atom is -0.310 e. The number of hydrogen-bond acceptors (Lipinski definition) is 1. The Bertz CT molecular complexity index is 413. The van der Waals surface area contributed by atoms with Crippen LogP contribution in [0.5, 0.6) is 0 Å². The van der Waals surface area contributed by atoms with Crippen LogP contribution in [0.3, 0.4) is 0 Å². The van der Waals surface area contributed by atoms with E-state index in [1.807, 2.05) is 0 Å². The van der Waals surface area contributed by atoms with Crippen molar-refractivity contribution in [1.29, 1.82) is 0 Å². The number of aryl methyl sites for hydroxylation is 1. The molecule has 1 N–H and O–H groups in total. The molecule has 3 atom stereocenters. The van der Waals surface area contributed by atoms with Crippen LogP contribution >= 0.6 is 0 Å². The van der Waals surface area contributed by atoms with E-state index in [-0.39, 0.29) is 0 Å². The summed E-state index contributed by atoms with van der Waals surface area (Å²) in [5.41, 5.74) is 3.00. The molecule has 1 nitrogen and oxygen atoms in total. The molecule has 0 aromatic heterocycles. The van der Waals surface area contributed by atoms with Gasteiger partial charge in [0.05, 0.1) is 0 Å². The van der Waals surface area contributed by atoms with Gasteiger partial charge in [0.25, 0.3) is 0 Å². The smallest absolute Gasteiger partial charge is 0.0354 e. The fourth-order valence-electron chi connectivity index (χ4n) is 4.24. The summed E-state index contributed by atoms with van der Waals surface area (Å²) < 4.78 is 0. The maximum atomic E-state index is 3.77. The van der Waals surface area contributed by atoms with E-state index < -0.39 is 0 Å². The highest BCUT2D eigenvalue weighted by molar-refractivity contribution is 5.28. The van der Waals surface area contributed by atoms with E-state index in [2.05, 4.69) is 43.4 Å². The Hall–Kier alpha value is -0.820. The van der Waals surface area contributed by atoms with Crippen LogP contribution in [0.25, 0.3) is 0 Å². The number of benzene rings is 1. The van der Waals surface area contributed by atoms with Crippen molar-refractivity contribution in [2.45, 2.75) is 52.0 Å². The van der Waals surface area contributed by atoms with Gasteiger partial charge < -0.3 is 5.32 Å². The number of fused-ring (bicyclic) bond motifs is 1. The van der Waals surface area contributed by atoms with Gasteiger partial charge in [0.1, 0.15) is 0 Å². The van der Waals surface area contributed by atoms with Crippen LogP contribution in [0.4, 0.5) is 0 Å². The largest absolute Gasteiger partial charge is 0.310 e. The highest BCUT2D eigenvalue weighted by Crippen LogP contribution is 2.60. The standard InChI is InChI=1S/C18H27N/c1-3-13-8-7-9-14(12-13)18(19-4-2)17-15-10-5-6-11-16(15)17/h7-9,12,15-19H,3-6,10-11H2,1-2H3. The van der Waals surface area contributed by atoms with Crippen molar-refractivity contribution in [3.05, 3.63) is 35.4 Å². The SMILES string of the molecule is CCNC(c1cccc(CC)c1)C1C2CCCCC21. The zero-order valence-corrected chi connectivity index (χ0v) is 12.4. The summed E-state index contributed by atoms with van der Waals surface area (Å²) in [6, 6.07) is 9.86. The van der Waals surface area contributed by atoms with Crippen molar-refractivity contribution < 1.29 is 0 Å². The summed E-state index contributed by atoms with van der Waals surface area (Å²) in [6.45, 7) is 5.57. The summed E-state index contributed by atoms with van der Waals surface area (Å²) in [5, 5.41) is 3.77. The zero-order valence-electron chi connectivity index (χ0n) is 12.4. The van der Waals surface area contributed by atoms with Gasteiger partial charge in [-0.2, -0.15) is 0 Å². The van der Waals surface area contributed by atoms with Gasteiger partial charge in [-0.25, -0.2) is 0 Å². The first-order valence-corrected chi connectivity index (χ1v) is 8.17. The van der Waals surface area contributed by atoms with Gasteiger partial charge in [-0.15, -0.1) is 0 Å². The molecule has 0 bridgehead atoms. The second-order valence-corrected chi connectivity index (χ2v) is 6.32. The summed E-state index contributed by atoms with van der Waals surface area (Å²) in [6.07, 6.45) is 7.02. The van der Waals surface area contributed by atoms with Gasteiger partial charge in [-0.1, -0.05) is 51.0 Å². The second-order valence-electron chi connectivity index (χ2n) is 6.32. The molecule has 2 aliphatic carbocycles. The fraction of sp³-hybridized carbons (Fsp3) is 0.667. The third kappa shape index (κ3) is 2.58. The lowest BCUT2D eigenvalue weighted by Gasteiger charge is -2.19. The molecule has 1 heteroatoms. The number of rotatable bonds is 5. The molecule has 2 saturated carbocycles. The van der Waals surface area contributed by atoms with E-state index >= 15 is 0 Å². The Kier molecular flexibility index (Phi) is 3.93. The highest BCUT2D eigenvalue weighted by atomic mass is 14.9. The van der Waals surface area contributed by atoms with Gasteiger partial charge in [-0.05, 0) is 54.7 Å². The molecule has 0 aliphatic heterocycles. The zero-order chi connectivity index (χ0) is 13.2. The van der Waals surface area contributed by atoms with E-state index in [1.54, 1.807) is 0 Å². The predicted molar refractivity (Wildman–Crippen MR) is 81.2 cm³/mol. The summed E-state index contributed by atoms with van der Waals surface area (Å²) >= 11 is 0. The second kappa shape index (κ2) is 5.66. The third-order valence-electron chi connectivity index (χ3n) is 5.25. The molecule has 1 aromatic rings. The lowest BCUT2D eigenvalue weighted by Crippen LogP contribution is -2.24. The van der Waals surface area contributed by atoms with Crippen LogP contribution in [0.1, 0.15) is 56.7 Å². The minimum atomic E-state index is 0.601. The van der Waals surface area contributed by atoms with E-state index in [9.17, 15) is 0 Å². The summed E-state index contributed by atoms with van der Waals surface area (Å²) in [5.74, 6) is 2.95. The molecule has 1 aromatic carbocycles. The summed E-state index contributed by atoms with van der Waals surface area (Å²) in [4.78, 5) is 0. The first kappa shape index (κ1) is 13.2. The normalized spacial score (nSPS) is 30.7. The van der Waals surface area contributed by atoms with Crippen molar-refractivity contribution in [2.24, 2.45) is 17.8 Å². The van der Waals surface area contributed by atoms with Crippen molar-refractivity contribution >= 4 is 0 Å². The predicted octanol–water partition coefficient (Wildman–Crippen LogP) is 4.34. The van der Waals surface area contributed by atoms with Crippen LogP contribution in [-0.2, 0) is 6.42 Å². The van der Waals surface area contributed by atoms with E-state index in [0.29, 0.717) is 6.04 Å². The minimum absolute atomic E-state index is 0.601. The lowest BCUT2D eigenvalue weighted by atomic mass is 9.97. The van der Waals surface area contributed by atoms with E-state index in [4.69, 9.17) is 0 Å². The molecule has 0 spiro atoms. The van der Waals surface area contributed by atoms with Crippen LogP contribution in [-0.4, -0.2) is 6.54 Å². The van der Waals surface area contributed by atoms with E-state index in [0.717, 1.165) is 30.7 Å². The maximum Gasteiger partial charge on any atom is 0.0354 e. The first-order chi connectivity index (χ1) is 9.35. The molecular weight excluding hydrogens is 230 g/mol. The van der Waals surface area contributed by atoms with Gasteiger partial charge in [0.2, 0.25) is 0 Å². The van der Waals surface area contributed by atoms with E-state index in [1.165, 1.54) is 36.8 Å². The molecule has 0 saturated heterocycles. The van der Waals surface area contributed by atoms with Gasteiger partial charge in [0.15, 0.2) is 0 Å². The number of nitrogens with one attached hydrogen (secondary N) is 1. The first-order valence-electron chi connectivity index (χ1n) is 8.17. The van der Waals surface area contributed by atoms with Crippen LogP contribution in [0.15, 0.2) is 24.3 Å². The van der Waals surface area contributed by atoms with Crippen LogP contribution in [0.2, 0.25) is 0 Å². The molecule has 0 amide bonds. The Morgan fingerprint density at radius 2 is 1.89 bits per heavy atom. The number of hydrogen-bond donors (Lipinski definition) is 1. The molecule has 3 rings (SSSR count). The quantitative estimate of drug-likeness (QED) is 0.827. The van der Waals surface area contributed by atoms with Gasteiger partial charge in [0, 0.05) is 6.04 Å². The molecular formula is C18H27N. The Morgan fingerprint density at radius 3 is 2.53 bits per heavy atom. The highest BCUT2D eigenvalue weighted by Gasteiger charge is 2.54. The molecule has 3 unspecified atom stereocenters. The van der Waals surface area contributed by atoms with Crippen molar-refractivity contribution in [2.75, 3.05) is 6.54 Å². The average Bonchev–Trinajstić information content (AvgIpc) is 3.19. The van der Waals surface area contributed by atoms with Crippen molar-refractivity contribution in [3.63, 3.8) is 0 Å². The van der Waals surface area contributed by atoms with Gasteiger partial charge >= 0.3 is 0 Å². The fourth-order valence-corrected chi connectivity index (χ4v) is 4.24. The topological polar surface area (TPSA) is 12.0 Å². The van der Waals surface area contributed by atoms with Crippen LogP contribution in [0, 0.1) is 17.8 Å². The third-order valence-corrected chi connectivity index (χ3v) is 5.25. The van der Waals surface area contributed by atoms with Crippen molar-refractivity contribution in [1.82, 2.24) is 5.32 Å². The Balaban J connectivity index is 1.80. The Labute approximate surface area is 117 Å². The Morgan fingerprint density at radius 1 is 1.16 bits per heavy atom. The molecule has 2 aliphatic rings. The monoisotopic (exact) mass is 257 g/mol. The molecule has 19 heavy (non-hydrogen) atoms. The van der Waals surface area contributed by atoms with Gasteiger partial charge in [-0.3, -0.25) is 0 Å². The molecule has 2 fully saturated rings. The average molecular weight is 257 g/mol. The lowest BCUT2D eigenvalue weighted by molar-refractivity contribution is 0.456. The van der Waals surface area contributed by atoms with Crippen molar-refractivity contribution in [3.8, 4) is 0 Å². The molecule has 0 radical (unpaired) electrons. The van der Waals surface area contributed by atoms with Crippen LogP contribution < -0.4 is 5.32 Å². The molecule has 104 valence electrons. The molecule has 0 heterocycles. The maximum absolute atomic E-state index is 3.77. The summed E-state index contributed by atoms with van der Waals surface area (Å²) in [7, 11) is 0.